The number of benzene rings is 1. The predicted molar refractivity (Wildman–Crippen MR) is 97.3 cm³/mol. The number of anilines is 1. The van der Waals surface area contributed by atoms with Crippen molar-refractivity contribution in [3.63, 3.8) is 0 Å². The third kappa shape index (κ3) is 3.97. The minimum Gasteiger partial charge on any atom is -0.456 e. The van der Waals surface area contributed by atoms with E-state index in [1.54, 1.807) is 11.0 Å². The number of aromatic nitrogens is 1. The van der Waals surface area contributed by atoms with Crippen molar-refractivity contribution in [1.29, 1.82) is 0 Å². The van der Waals surface area contributed by atoms with Gasteiger partial charge in [-0.15, -0.1) is 0 Å². The van der Waals surface area contributed by atoms with Crippen LogP contribution in [0.25, 0.3) is 0 Å². The summed E-state index contributed by atoms with van der Waals surface area (Å²) in [5.74, 6) is 0.831. The van der Waals surface area contributed by atoms with E-state index in [1.807, 2.05) is 0 Å². The topological polar surface area (TPSA) is 97.6 Å². The molecule has 0 unspecified atom stereocenters. The van der Waals surface area contributed by atoms with Gasteiger partial charge < -0.3 is 9.64 Å². The Labute approximate surface area is 158 Å². The number of halogens is 2. The summed E-state index contributed by atoms with van der Waals surface area (Å²) in [7, 11) is 0. The van der Waals surface area contributed by atoms with E-state index >= 15 is 0 Å². The van der Waals surface area contributed by atoms with Gasteiger partial charge in [-0.25, -0.2) is 9.78 Å². The molecule has 1 N–H and O–H groups in total. The van der Waals surface area contributed by atoms with Crippen LogP contribution >= 0.6 is 23.2 Å². The van der Waals surface area contributed by atoms with E-state index in [1.165, 1.54) is 24.4 Å². The van der Waals surface area contributed by atoms with Crippen LogP contribution in [0, 0.1) is 10.1 Å². The van der Waals surface area contributed by atoms with E-state index in [0.717, 1.165) is 25.9 Å². The van der Waals surface area contributed by atoms with E-state index in [-0.39, 0.29) is 27.5 Å². The molecule has 0 aliphatic carbocycles. The van der Waals surface area contributed by atoms with Crippen molar-refractivity contribution in [3.8, 4) is 11.5 Å². The molecule has 0 bridgehead atoms. The monoisotopic (exact) mass is 396 g/mol. The molecule has 2 amide bonds. The number of ether oxygens (including phenoxy) is 1. The first kappa shape index (κ1) is 18.2. The van der Waals surface area contributed by atoms with Crippen molar-refractivity contribution in [2.24, 2.45) is 0 Å². The van der Waals surface area contributed by atoms with Gasteiger partial charge in [-0.1, -0.05) is 23.2 Å². The van der Waals surface area contributed by atoms with Gasteiger partial charge in [0.25, 0.3) is 5.69 Å². The highest BCUT2D eigenvalue weighted by Crippen LogP contribution is 2.40. The van der Waals surface area contributed by atoms with Gasteiger partial charge in [0.15, 0.2) is 0 Å². The number of hydrogen-bond acceptors (Lipinski definition) is 5. The molecule has 1 aromatic carbocycles. The summed E-state index contributed by atoms with van der Waals surface area (Å²) in [5, 5.41) is 13.3. The Morgan fingerprint density at radius 2 is 1.96 bits per heavy atom. The fourth-order valence-corrected chi connectivity index (χ4v) is 2.94. The smallest absolute Gasteiger partial charge is 0.323 e. The number of amides is 2. The van der Waals surface area contributed by atoms with Crippen LogP contribution in [0.2, 0.25) is 10.0 Å². The first-order valence-corrected chi connectivity index (χ1v) is 8.53. The van der Waals surface area contributed by atoms with Crippen LogP contribution in [0.3, 0.4) is 0 Å². The molecule has 136 valence electrons. The van der Waals surface area contributed by atoms with Gasteiger partial charge >= 0.3 is 6.03 Å². The zero-order valence-electron chi connectivity index (χ0n) is 13.4. The van der Waals surface area contributed by atoms with Crippen molar-refractivity contribution in [2.45, 2.75) is 12.8 Å². The average Bonchev–Trinajstić information content (AvgIpc) is 3.14. The van der Waals surface area contributed by atoms with Gasteiger partial charge in [-0.2, -0.15) is 0 Å². The zero-order chi connectivity index (χ0) is 18.7. The SMILES string of the molecule is O=C(Nc1cc(Oc2ccc([N+](=O)[O-])c(Cl)c2Cl)ccn1)N1CCCC1. The lowest BCUT2D eigenvalue weighted by molar-refractivity contribution is -0.384. The average molecular weight is 397 g/mol. The largest absolute Gasteiger partial charge is 0.456 e. The quantitative estimate of drug-likeness (QED) is 0.595. The van der Waals surface area contributed by atoms with Gasteiger partial charge in [0.1, 0.15) is 27.4 Å². The molecule has 1 saturated heterocycles. The molecule has 1 aliphatic heterocycles. The summed E-state index contributed by atoms with van der Waals surface area (Å²) in [6.07, 6.45) is 3.45. The highest BCUT2D eigenvalue weighted by Gasteiger charge is 2.20. The summed E-state index contributed by atoms with van der Waals surface area (Å²) in [6, 6.07) is 5.44. The maximum Gasteiger partial charge on any atom is 0.323 e. The third-order valence-corrected chi connectivity index (χ3v) is 4.67. The lowest BCUT2D eigenvalue weighted by Crippen LogP contribution is -2.32. The molecule has 0 radical (unpaired) electrons. The summed E-state index contributed by atoms with van der Waals surface area (Å²) in [4.78, 5) is 28.1. The van der Waals surface area contributed by atoms with Crippen LogP contribution in [0.5, 0.6) is 11.5 Å². The number of nitrogens with one attached hydrogen (secondary N) is 1. The summed E-state index contributed by atoms with van der Waals surface area (Å²) in [6.45, 7) is 1.44. The Balaban J connectivity index is 1.75. The van der Waals surface area contributed by atoms with Gasteiger partial charge in [0.05, 0.1) is 4.92 Å². The van der Waals surface area contributed by atoms with Crippen LogP contribution in [-0.4, -0.2) is 33.9 Å². The lowest BCUT2D eigenvalue weighted by Gasteiger charge is -2.16. The van der Waals surface area contributed by atoms with Gasteiger partial charge in [-0.05, 0) is 25.0 Å². The molecule has 0 saturated carbocycles. The molecular weight excluding hydrogens is 383 g/mol. The number of nitro groups is 1. The molecule has 26 heavy (non-hydrogen) atoms. The molecule has 3 rings (SSSR count). The molecule has 2 heterocycles. The van der Waals surface area contributed by atoms with Gasteiger partial charge in [0.2, 0.25) is 0 Å². The summed E-state index contributed by atoms with van der Waals surface area (Å²) < 4.78 is 5.63. The molecule has 10 heteroatoms. The molecule has 0 atom stereocenters. The minimum absolute atomic E-state index is 0.0691. The molecule has 1 aliphatic rings. The summed E-state index contributed by atoms with van der Waals surface area (Å²) in [5.41, 5.74) is -0.308. The molecule has 1 aromatic heterocycles. The fourth-order valence-electron chi connectivity index (χ4n) is 2.52. The molecule has 0 spiro atoms. The Bertz CT molecular complexity index is 856. The number of carbonyl (C=O) groups excluding carboxylic acids is 1. The maximum absolute atomic E-state index is 12.1. The fraction of sp³-hybridized carbons (Fsp3) is 0.250. The first-order chi connectivity index (χ1) is 12.5. The predicted octanol–water partition coefficient (Wildman–Crippen LogP) is 4.72. The lowest BCUT2D eigenvalue weighted by atomic mass is 10.3. The zero-order valence-corrected chi connectivity index (χ0v) is 15.0. The van der Waals surface area contributed by atoms with Crippen molar-refractivity contribution in [1.82, 2.24) is 9.88 Å². The standard InChI is InChI=1S/C16H14Cl2N4O4/c17-14-11(22(24)25)3-4-12(15(14)18)26-10-5-6-19-13(9-10)20-16(23)21-7-1-2-8-21/h3-6,9H,1-2,7-8H2,(H,19,20,23). The summed E-state index contributed by atoms with van der Waals surface area (Å²) >= 11 is 12.0. The van der Waals surface area contributed by atoms with Gasteiger partial charge in [-0.3, -0.25) is 15.4 Å². The number of pyridine rings is 1. The highest BCUT2D eigenvalue weighted by molar-refractivity contribution is 6.44. The number of urea groups is 1. The van der Waals surface area contributed by atoms with Crippen LogP contribution in [0.15, 0.2) is 30.5 Å². The molecular formula is C16H14Cl2N4O4. The van der Waals surface area contributed by atoms with Crippen LogP contribution in [0.1, 0.15) is 12.8 Å². The minimum atomic E-state index is -0.629. The van der Waals surface area contributed by atoms with Crippen LogP contribution < -0.4 is 10.1 Å². The Morgan fingerprint density at radius 1 is 1.23 bits per heavy atom. The van der Waals surface area contributed by atoms with E-state index in [4.69, 9.17) is 27.9 Å². The normalized spacial score (nSPS) is 13.5. The van der Waals surface area contributed by atoms with Crippen molar-refractivity contribution in [2.75, 3.05) is 18.4 Å². The van der Waals surface area contributed by atoms with Crippen molar-refractivity contribution < 1.29 is 14.5 Å². The highest BCUT2D eigenvalue weighted by atomic mass is 35.5. The van der Waals surface area contributed by atoms with Crippen molar-refractivity contribution >= 4 is 40.7 Å². The number of carbonyl (C=O) groups is 1. The van der Waals surface area contributed by atoms with E-state index in [2.05, 4.69) is 10.3 Å². The van der Waals surface area contributed by atoms with E-state index < -0.39 is 4.92 Å². The number of nitro benzene ring substituents is 1. The second kappa shape index (κ2) is 7.76. The number of hydrogen-bond donors (Lipinski definition) is 1. The third-order valence-electron chi connectivity index (χ3n) is 3.81. The second-order valence-electron chi connectivity index (χ2n) is 5.57. The van der Waals surface area contributed by atoms with Gasteiger partial charge in [0, 0.05) is 31.4 Å². The Kier molecular flexibility index (Phi) is 5.43. The molecule has 2 aromatic rings. The van der Waals surface area contributed by atoms with Crippen LogP contribution in [-0.2, 0) is 0 Å². The van der Waals surface area contributed by atoms with E-state index in [9.17, 15) is 14.9 Å². The number of nitrogens with zero attached hydrogens (tertiary/aromatic N) is 3. The van der Waals surface area contributed by atoms with E-state index in [0.29, 0.717) is 11.6 Å². The Hall–Kier alpha value is -2.58. The number of likely N-dealkylation sites (tertiary alicyclic amines) is 1. The Morgan fingerprint density at radius 3 is 2.65 bits per heavy atom. The molecule has 1 fully saturated rings. The maximum atomic E-state index is 12.1. The van der Waals surface area contributed by atoms with Crippen LogP contribution in [0.4, 0.5) is 16.3 Å². The van der Waals surface area contributed by atoms with Crippen molar-refractivity contribution in [3.05, 3.63) is 50.6 Å². The molecule has 8 nitrogen and oxygen atoms in total. The number of rotatable bonds is 4. The first-order valence-electron chi connectivity index (χ1n) is 7.78. The second-order valence-corrected chi connectivity index (χ2v) is 6.33.